The Bertz CT molecular complexity index is 411. The summed E-state index contributed by atoms with van der Waals surface area (Å²) in [4.78, 5) is 11.0. The van der Waals surface area contributed by atoms with Gasteiger partial charge in [-0.1, -0.05) is 18.2 Å². The van der Waals surface area contributed by atoms with Gasteiger partial charge in [0.2, 0.25) is 5.91 Å². The monoisotopic (exact) mass is 206 g/mol. The number of aliphatic hydroxyl groups is 2. The minimum Gasteiger partial charge on any atom is -0.385 e. The molecule has 0 saturated carbocycles. The molecule has 1 aromatic carbocycles. The number of nitrogens with two attached hydrogens (primary N) is 1. The van der Waals surface area contributed by atoms with Crippen molar-refractivity contribution >= 4 is 5.91 Å². The summed E-state index contributed by atoms with van der Waals surface area (Å²) in [5.74, 6) is -0.713. The van der Waals surface area contributed by atoms with Crippen LogP contribution in [-0.4, -0.2) is 22.2 Å². The molecular weight excluding hydrogens is 196 g/mol. The maximum atomic E-state index is 11.0. The van der Waals surface area contributed by atoms with Crippen molar-refractivity contribution in [2.24, 2.45) is 5.73 Å². The van der Waals surface area contributed by atoms with E-state index in [1.807, 2.05) is 0 Å². The average Bonchev–Trinajstić information content (AvgIpc) is 2.27. The fourth-order valence-electron chi connectivity index (χ4n) is 1.22. The number of carbonyl (C=O) groups excluding carboxylic acids is 1. The number of primary amides is 1. The Morgan fingerprint density at radius 1 is 1.40 bits per heavy atom. The van der Waals surface area contributed by atoms with E-state index in [-0.39, 0.29) is 11.1 Å². The third-order valence-electron chi connectivity index (χ3n) is 1.98. The smallest absolute Gasteiger partial charge is 0.249 e. The Kier molecular flexibility index (Phi) is 3.39. The van der Waals surface area contributed by atoms with Crippen LogP contribution in [0.3, 0.4) is 0 Å². The molecule has 78 valence electrons. The number of hydrogen-bond donors (Lipinski definition) is 3. The molecule has 1 aromatic rings. The third-order valence-corrected chi connectivity index (χ3v) is 1.98. The molecule has 5 nitrogen and oxygen atoms in total. The number of amides is 1. The summed E-state index contributed by atoms with van der Waals surface area (Å²) in [7, 11) is 0. The van der Waals surface area contributed by atoms with E-state index in [2.05, 4.69) is 0 Å². The van der Waals surface area contributed by atoms with Gasteiger partial charge < -0.3 is 15.9 Å². The molecule has 0 aliphatic carbocycles. The largest absolute Gasteiger partial charge is 0.385 e. The highest BCUT2D eigenvalue weighted by Crippen LogP contribution is 2.20. The second-order valence-corrected chi connectivity index (χ2v) is 2.97. The van der Waals surface area contributed by atoms with Crippen LogP contribution in [0, 0.1) is 11.3 Å². The summed E-state index contributed by atoms with van der Waals surface area (Å²) in [6.45, 7) is 0. The molecule has 0 aliphatic rings. The minimum atomic E-state index is -1.58. The first-order valence-electron chi connectivity index (χ1n) is 4.22. The number of aliphatic hydroxyl groups excluding tert-OH is 2. The number of nitriles is 1. The molecule has 1 amide bonds. The van der Waals surface area contributed by atoms with Gasteiger partial charge in [0, 0.05) is 5.56 Å². The predicted molar refractivity (Wildman–Crippen MR) is 51.5 cm³/mol. The minimum absolute atomic E-state index is 0.0966. The van der Waals surface area contributed by atoms with E-state index in [1.165, 1.54) is 18.2 Å². The van der Waals surface area contributed by atoms with Crippen LogP contribution in [0.1, 0.15) is 22.0 Å². The summed E-state index contributed by atoms with van der Waals surface area (Å²) in [5.41, 5.74) is 5.33. The average molecular weight is 206 g/mol. The lowest BCUT2D eigenvalue weighted by atomic mass is 9.99. The SMILES string of the molecule is N#CC(O)C(O)c1ccccc1C(N)=O. The molecule has 4 N–H and O–H groups in total. The maximum absolute atomic E-state index is 11.0. The summed E-state index contributed by atoms with van der Waals surface area (Å²) < 4.78 is 0. The fourth-order valence-corrected chi connectivity index (χ4v) is 1.22. The zero-order valence-corrected chi connectivity index (χ0v) is 7.79. The van der Waals surface area contributed by atoms with Crippen LogP contribution in [0.2, 0.25) is 0 Å². The predicted octanol–water partition coefficient (Wildman–Crippen LogP) is -0.297. The van der Waals surface area contributed by atoms with Crippen LogP contribution >= 0.6 is 0 Å². The lowest BCUT2D eigenvalue weighted by Gasteiger charge is -2.14. The molecule has 0 radical (unpaired) electrons. The van der Waals surface area contributed by atoms with Crippen molar-refractivity contribution < 1.29 is 15.0 Å². The molecule has 0 bridgehead atoms. The van der Waals surface area contributed by atoms with Gasteiger partial charge >= 0.3 is 0 Å². The molecule has 2 atom stereocenters. The van der Waals surface area contributed by atoms with E-state index in [9.17, 15) is 9.90 Å². The van der Waals surface area contributed by atoms with E-state index in [4.69, 9.17) is 16.1 Å². The van der Waals surface area contributed by atoms with E-state index >= 15 is 0 Å². The highest BCUT2D eigenvalue weighted by Gasteiger charge is 2.21. The van der Waals surface area contributed by atoms with Gasteiger partial charge in [-0.05, 0) is 11.6 Å². The zero-order valence-electron chi connectivity index (χ0n) is 7.79. The lowest BCUT2D eigenvalue weighted by molar-refractivity contribution is 0.0519. The Morgan fingerprint density at radius 3 is 2.53 bits per heavy atom. The molecule has 5 heteroatoms. The quantitative estimate of drug-likeness (QED) is 0.590. The van der Waals surface area contributed by atoms with Crippen molar-refractivity contribution in [1.82, 2.24) is 0 Å². The first kappa shape index (κ1) is 11.2. The van der Waals surface area contributed by atoms with Crippen molar-refractivity contribution in [2.75, 3.05) is 0 Å². The lowest BCUT2D eigenvalue weighted by Crippen LogP contribution is -2.21. The van der Waals surface area contributed by atoms with E-state index < -0.39 is 18.1 Å². The molecule has 0 spiro atoms. The van der Waals surface area contributed by atoms with Gasteiger partial charge in [-0.15, -0.1) is 0 Å². The summed E-state index contributed by atoms with van der Waals surface area (Å²) >= 11 is 0. The highest BCUT2D eigenvalue weighted by molar-refractivity contribution is 5.94. The van der Waals surface area contributed by atoms with Gasteiger partial charge in [0.25, 0.3) is 0 Å². The molecule has 1 rings (SSSR count). The normalized spacial score (nSPS) is 13.9. The van der Waals surface area contributed by atoms with Gasteiger partial charge in [-0.3, -0.25) is 4.79 Å². The molecule has 0 fully saturated rings. The Labute approximate surface area is 86.4 Å². The first-order valence-corrected chi connectivity index (χ1v) is 4.22. The van der Waals surface area contributed by atoms with Crippen LogP contribution in [0.5, 0.6) is 0 Å². The van der Waals surface area contributed by atoms with Crippen molar-refractivity contribution in [1.29, 1.82) is 5.26 Å². The molecule has 0 heterocycles. The standard InChI is InChI=1S/C10H10N2O3/c11-5-8(13)9(14)6-3-1-2-4-7(6)10(12)15/h1-4,8-9,13-14H,(H2,12,15). The summed E-state index contributed by atoms with van der Waals surface area (Å²) in [6.07, 6.45) is -3.01. The molecule has 15 heavy (non-hydrogen) atoms. The van der Waals surface area contributed by atoms with E-state index in [0.29, 0.717) is 0 Å². The Morgan fingerprint density at radius 2 is 2.00 bits per heavy atom. The second kappa shape index (κ2) is 4.55. The van der Waals surface area contributed by atoms with Gasteiger partial charge in [0.15, 0.2) is 6.10 Å². The molecule has 0 saturated heterocycles. The Balaban J connectivity index is 3.14. The Hall–Kier alpha value is -1.90. The van der Waals surface area contributed by atoms with Gasteiger partial charge in [-0.25, -0.2) is 0 Å². The topological polar surface area (TPSA) is 107 Å². The van der Waals surface area contributed by atoms with Crippen molar-refractivity contribution in [3.8, 4) is 6.07 Å². The molecule has 2 unspecified atom stereocenters. The van der Waals surface area contributed by atoms with Crippen LogP contribution < -0.4 is 5.73 Å². The van der Waals surface area contributed by atoms with Gasteiger partial charge in [0.1, 0.15) is 6.10 Å². The van der Waals surface area contributed by atoms with Crippen molar-refractivity contribution in [2.45, 2.75) is 12.2 Å². The van der Waals surface area contributed by atoms with Gasteiger partial charge in [-0.2, -0.15) is 5.26 Å². The van der Waals surface area contributed by atoms with E-state index in [0.717, 1.165) is 0 Å². The van der Waals surface area contributed by atoms with E-state index in [1.54, 1.807) is 12.1 Å². The van der Waals surface area contributed by atoms with Crippen LogP contribution in [0.15, 0.2) is 24.3 Å². The first-order chi connectivity index (χ1) is 7.07. The number of nitrogens with zero attached hydrogens (tertiary/aromatic N) is 1. The van der Waals surface area contributed by atoms with Gasteiger partial charge in [0.05, 0.1) is 6.07 Å². The molecule has 0 aliphatic heterocycles. The molecule has 0 aromatic heterocycles. The highest BCUT2D eigenvalue weighted by atomic mass is 16.3. The zero-order chi connectivity index (χ0) is 11.4. The third kappa shape index (κ3) is 2.31. The van der Waals surface area contributed by atoms with Crippen molar-refractivity contribution in [3.05, 3.63) is 35.4 Å². The fraction of sp³-hybridized carbons (Fsp3) is 0.200. The van der Waals surface area contributed by atoms with Crippen LogP contribution in [0.4, 0.5) is 0 Å². The number of hydrogen-bond acceptors (Lipinski definition) is 4. The summed E-state index contributed by atoms with van der Waals surface area (Å²) in [5, 5.41) is 27.1. The van der Waals surface area contributed by atoms with Crippen LogP contribution in [0.25, 0.3) is 0 Å². The van der Waals surface area contributed by atoms with Crippen LogP contribution in [-0.2, 0) is 0 Å². The number of benzene rings is 1. The number of carbonyl (C=O) groups is 1. The second-order valence-electron chi connectivity index (χ2n) is 2.97. The summed E-state index contributed by atoms with van der Waals surface area (Å²) in [6, 6.07) is 7.50. The van der Waals surface area contributed by atoms with Crippen molar-refractivity contribution in [3.63, 3.8) is 0 Å². The molecular formula is C10H10N2O3. The maximum Gasteiger partial charge on any atom is 0.249 e. The number of rotatable bonds is 3.